The van der Waals surface area contributed by atoms with E-state index in [0.29, 0.717) is 22.3 Å². The molecule has 0 bridgehead atoms. The number of hydrogen-bond donors (Lipinski definition) is 0. The van der Waals surface area contributed by atoms with Gasteiger partial charge in [0.1, 0.15) is 12.0 Å². The fourth-order valence-corrected chi connectivity index (χ4v) is 5.08. The number of rotatable bonds is 8. The number of fused-ring (bicyclic) bond motifs is 1. The molecule has 2 aromatic heterocycles. The van der Waals surface area contributed by atoms with Crippen LogP contribution in [0.15, 0.2) is 59.9 Å². The van der Waals surface area contributed by atoms with Crippen LogP contribution >= 0.6 is 0 Å². The number of methoxy groups -OCH3 is 1. The highest BCUT2D eigenvalue weighted by Crippen LogP contribution is 2.39. The number of ether oxygens (including phenoxy) is 1. The minimum absolute atomic E-state index is 0.0348. The number of aryl methyl sites for hydroxylation is 1. The van der Waals surface area contributed by atoms with Gasteiger partial charge in [0.05, 0.1) is 36.5 Å². The molecule has 0 fully saturated rings. The predicted octanol–water partition coefficient (Wildman–Crippen LogP) is 6.54. The molecule has 0 aliphatic rings. The first kappa shape index (κ1) is 28.4. The summed E-state index contributed by atoms with van der Waals surface area (Å²) < 4.78 is 44.2. The van der Waals surface area contributed by atoms with Crippen LogP contribution in [-0.2, 0) is 4.43 Å². The van der Waals surface area contributed by atoms with Crippen LogP contribution in [0, 0.1) is 18.6 Å². The standard InChI is InChI=1S/C29H34F2N4O3Si/c1-19-15-24(37-5)26(31)27(25(19)30)34(13-14-38-39(6,7)29(2,3)4)20-10-11-23-22(16-20)28(36)35(18-33-23)21-9-8-12-32-17-21/h8-12,15-18H,13-14H2,1-7H3. The Morgan fingerprint density at radius 3 is 2.49 bits per heavy atom. The van der Waals surface area contributed by atoms with E-state index in [-0.39, 0.29) is 40.7 Å². The summed E-state index contributed by atoms with van der Waals surface area (Å²) in [5.74, 6) is -1.60. The molecule has 0 aliphatic carbocycles. The van der Waals surface area contributed by atoms with Gasteiger partial charge in [-0.1, -0.05) is 20.8 Å². The van der Waals surface area contributed by atoms with Gasteiger partial charge in [-0.3, -0.25) is 14.3 Å². The summed E-state index contributed by atoms with van der Waals surface area (Å²) in [6, 6.07) is 9.78. The van der Waals surface area contributed by atoms with Gasteiger partial charge in [-0.05, 0) is 67.0 Å². The maximum absolute atomic E-state index is 15.7. The SMILES string of the molecule is COc1cc(C)c(F)c(N(CCO[Si](C)(C)C(C)(C)C)c2ccc3ncn(-c4cccnc4)c(=O)c3c2)c1F. The van der Waals surface area contributed by atoms with Crippen LogP contribution in [0.3, 0.4) is 0 Å². The lowest BCUT2D eigenvalue weighted by Crippen LogP contribution is -2.42. The summed E-state index contributed by atoms with van der Waals surface area (Å²) in [4.78, 5) is 23.5. The average molecular weight is 553 g/mol. The van der Waals surface area contributed by atoms with Gasteiger partial charge in [-0.2, -0.15) is 0 Å². The molecule has 0 aliphatic heterocycles. The second-order valence-electron chi connectivity index (χ2n) is 11.0. The lowest BCUT2D eigenvalue weighted by Gasteiger charge is -2.37. The largest absolute Gasteiger partial charge is 0.494 e. The molecule has 0 radical (unpaired) electrons. The molecule has 0 amide bonds. The number of anilines is 2. The summed E-state index contributed by atoms with van der Waals surface area (Å²) >= 11 is 0. The zero-order chi connectivity index (χ0) is 28.5. The van der Waals surface area contributed by atoms with Crippen LogP contribution < -0.4 is 15.2 Å². The summed E-state index contributed by atoms with van der Waals surface area (Å²) in [7, 11) is -0.795. The van der Waals surface area contributed by atoms with Gasteiger partial charge in [0, 0.05) is 18.4 Å². The Morgan fingerprint density at radius 2 is 1.85 bits per heavy atom. The Labute approximate surface area is 228 Å². The zero-order valence-electron chi connectivity index (χ0n) is 23.4. The van der Waals surface area contributed by atoms with Crippen molar-refractivity contribution >= 4 is 30.6 Å². The van der Waals surface area contributed by atoms with Crippen LogP contribution in [0.2, 0.25) is 18.1 Å². The van der Waals surface area contributed by atoms with E-state index in [1.807, 2.05) is 0 Å². The number of pyridine rings is 1. The molecule has 0 unspecified atom stereocenters. The Hall–Kier alpha value is -3.63. The molecule has 0 spiro atoms. The molecular weight excluding hydrogens is 518 g/mol. The predicted molar refractivity (Wildman–Crippen MR) is 153 cm³/mol. The molecule has 0 saturated heterocycles. The smallest absolute Gasteiger partial charge is 0.265 e. The molecule has 0 N–H and O–H groups in total. The molecule has 4 rings (SSSR count). The Balaban J connectivity index is 1.85. The van der Waals surface area contributed by atoms with Gasteiger partial charge in [0.2, 0.25) is 0 Å². The highest BCUT2D eigenvalue weighted by molar-refractivity contribution is 6.74. The molecule has 10 heteroatoms. The Kier molecular flexibility index (Phi) is 7.90. The third kappa shape index (κ3) is 5.57. The van der Waals surface area contributed by atoms with Crippen LogP contribution in [-0.4, -0.2) is 43.1 Å². The van der Waals surface area contributed by atoms with Crippen molar-refractivity contribution in [2.45, 2.75) is 45.8 Å². The maximum atomic E-state index is 15.7. The summed E-state index contributed by atoms with van der Waals surface area (Å²) in [5, 5.41) is 0.266. The van der Waals surface area contributed by atoms with E-state index in [1.54, 1.807) is 49.6 Å². The Morgan fingerprint density at radius 1 is 1.10 bits per heavy atom. The fourth-order valence-electron chi connectivity index (χ4n) is 4.05. The third-order valence-electron chi connectivity index (χ3n) is 7.38. The molecule has 0 saturated carbocycles. The molecule has 4 aromatic rings. The lowest BCUT2D eigenvalue weighted by atomic mass is 10.1. The van der Waals surface area contributed by atoms with Crippen LogP contribution in [0.4, 0.5) is 20.2 Å². The average Bonchev–Trinajstić information content (AvgIpc) is 2.90. The van der Waals surface area contributed by atoms with Gasteiger partial charge in [0.15, 0.2) is 25.7 Å². The van der Waals surface area contributed by atoms with Gasteiger partial charge in [-0.15, -0.1) is 0 Å². The van der Waals surface area contributed by atoms with Crippen molar-refractivity contribution in [2.75, 3.05) is 25.2 Å². The molecular formula is C29H34F2N4O3Si. The number of benzene rings is 2. The molecule has 2 aromatic carbocycles. The normalized spacial score (nSPS) is 12.1. The van der Waals surface area contributed by atoms with Crippen molar-refractivity contribution in [1.82, 2.24) is 14.5 Å². The highest BCUT2D eigenvalue weighted by Gasteiger charge is 2.37. The topological polar surface area (TPSA) is 69.5 Å². The van der Waals surface area contributed by atoms with E-state index < -0.39 is 20.0 Å². The van der Waals surface area contributed by atoms with Crippen molar-refractivity contribution in [3.63, 3.8) is 0 Å². The molecule has 7 nitrogen and oxygen atoms in total. The first-order valence-electron chi connectivity index (χ1n) is 12.7. The van der Waals surface area contributed by atoms with E-state index in [9.17, 15) is 4.79 Å². The van der Waals surface area contributed by atoms with Crippen molar-refractivity contribution in [3.8, 4) is 11.4 Å². The van der Waals surface area contributed by atoms with Gasteiger partial charge in [-0.25, -0.2) is 13.8 Å². The first-order chi connectivity index (χ1) is 18.4. The summed E-state index contributed by atoms with van der Waals surface area (Å²) in [5.41, 5.74) is 1.10. The van der Waals surface area contributed by atoms with Crippen LogP contribution in [0.25, 0.3) is 16.6 Å². The van der Waals surface area contributed by atoms with E-state index in [4.69, 9.17) is 9.16 Å². The summed E-state index contributed by atoms with van der Waals surface area (Å²) in [6.45, 7) is 12.6. The van der Waals surface area contributed by atoms with Gasteiger partial charge in [0.25, 0.3) is 5.56 Å². The minimum Gasteiger partial charge on any atom is -0.494 e. The van der Waals surface area contributed by atoms with E-state index in [0.717, 1.165) is 0 Å². The van der Waals surface area contributed by atoms with E-state index in [2.05, 4.69) is 43.8 Å². The number of halogens is 2. The number of aromatic nitrogens is 3. The maximum Gasteiger partial charge on any atom is 0.265 e. The minimum atomic E-state index is -2.14. The monoisotopic (exact) mass is 552 g/mol. The number of nitrogens with zero attached hydrogens (tertiary/aromatic N) is 4. The first-order valence-corrected chi connectivity index (χ1v) is 15.6. The second-order valence-corrected chi connectivity index (χ2v) is 15.8. The quantitative estimate of drug-likeness (QED) is 0.231. The second kappa shape index (κ2) is 10.9. The van der Waals surface area contributed by atoms with E-state index >= 15 is 8.78 Å². The summed E-state index contributed by atoms with van der Waals surface area (Å²) in [6.07, 6.45) is 4.62. The van der Waals surface area contributed by atoms with Crippen LogP contribution in [0.5, 0.6) is 5.75 Å². The lowest BCUT2D eigenvalue weighted by molar-refractivity contribution is 0.296. The molecule has 39 heavy (non-hydrogen) atoms. The van der Waals surface area contributed by atoms with Crippen molar-refractivity contribution in [1.29, 1.82) is 0 Å². The van der Waals surface area contributed by atoms with Crippen molar-refractivity contribution in [3.05, 3.63) is 82.7 Å². The molecule has 2 heterocycles. The van der Waals surface area contributed by atoms with Crippen molar-refractivity contribution in [2.24, 2.45) is 0 Å². The van der Waals surface area contributed by atoms with Gasteiger partial charge >= 0.3 is 0 Å². The van der Waals surface area contributed by atoms with E-state index in [1.165, 1.54) is 29.0 Å². The van der Waals surface area contributed by atoms with Crippen molar-refractivity contribution < 1.29 is 17.9 Å². The van der Waals surface area contributed by atoms with Crippen LogP contribution in [0.1, 0.15) is 26.3 Å². The highest BCUT2D eigenvalue weighted by atomic mass is 28.4. The van der Waals surface area contributed by atoms with Gasteiger partial charge < -0.3 is 14.1 Å². The Bertz CT molecular complexity index is 1550. The zero-order valence-corrected chi connectivity index (χ0v) is 24.4. The number of hydrogen-bond acceptors (Lipinski definition) is 6. The third-order valence-corrected chi connectivity index (χ3v) is 11.9. The molecule has 0 atom stereocenters. The fraction of sp³-hybridized carbons (Fsp3) is 0.345. The molecule has 206 valence electrons.